The Kier molecular flexibility index (Phi) is 5.03. The average Bonchev–Trinajstić information content (AvgIpc) is 2.31. The number of rotatable bonds is 5. The number of amides is 1. The summed E-state index contributed by atoms with van der Waals surface area (Å²) in [5, 5.41) is 2.58. The highest BCUT2D eigenvalue weighted by atomic mass is 19.1. The van der Waals surface area contributed by atoms with Crippen molar-refractivity contribution in [2.45, 2.75) is 13.3 Å². The van der Waals surface area contributed by atoms with Crippen LogP contribution in [0.25, 0.3) is 0 Å². The molecule has 0 saturated heterocycles. The average molecular weight is 242 g/mol. The van der Waals surface area contributed by atoms with Crippen LogP contribution in [0.15, 0.2) is 18.2 Å². The van der Waals surface area contributed by atoms with Crippen LogP contribution in [0, 0.1) is 17.6 Å². The van der Waals surface area contributed by atoms with Gasteiger partial charge in [-0.2, -0.15) is 0 Å². The van der Waals surface area contributed by atoms with Crippen LogP contribution >= 0.6 is 0 Å². The van der Waals surface area contributed by atoms with Gasteiger partial charge in [-0.1, -0.05) is 13.0 Å². The highest BCUT2D eigenvalue weighted by molar-refractivity contribution is 5.78. The first-order valence-electron chi connectivity index (χ1n) is 5.47. The molecule has 0 aliphatic heterocycles. The van der Waals surface area contributed by atoms with Crippen molar-refractivity contribution in [3.8, 4) is 0 Å². The lowest BCUT2D eigenvalue weighted by Crippen LogP contribution is -2.34. The van der Waals surface area contributed by atoms with Crippen molar-refractivity contribution in [3.05, 3.63) is 35.4 Å². The maximum absolute atomic E-state index is 13.2. The molecular weight excluding hydrogens is 226 g/mol. The van der Waals surface area contributed by atoms with Crippen LogP contribution in [0.2, 0.25) is 0 Å². The van der Waals surface area contributed by atoms with E-state index in [4.69, 9.17) is 5.73 Å². The van der Waals surface area contributed by atoms with Gasteiger partial charge in [-0.3, -0.25) is 4.79 Å². The van der Waals surface area contributed by atoms with Crippen LogP contribution in [0.1, 0.15) is 12.5 Å². The number of carbonyl (C=O) groups is 1. The molecule has 1 amide bonds. The third kappa shape index (κ3) is 3.78. The Balaban J connectivity index is 2.49. The first kappa shape index (κ1) is 13.6. The fraction of sp³-hybridized carbons (Fsp3) is 0.417. The van der Waals surface area contributed by atoms with Gasteiger partial charge in [0.15, 0.2) is 0 Å². The number of hydrogen-bond acceptors (Lipinski definition) is 2. The van der Waals surface area contributed by atoms with E-state index in [1.165, 1.54) is 18.2 Å². The van der Waals surface area contributed by atoms with Gasteiger partial charge in [0.25, 0.3) is 0 Å². The summed E-state index contributed by atoms with van der Waals surface area (Å²) in [5.74, 6) is -1.68. The number of nitrogens with two attached hydrogens (primary N) is 1. The van der Waals surface area contributed by atoms with Gasteiger partial charge in [0.1, 0.15) is 11.6 Å². The van der Waals surface area contributed by atoms with E-state index in [-0.39, 0.29) is 36.9 Å². The maximum Gasteiger partial charge on any atom is 0.224 e. The summed E-state index contributed by atoms with van der Waals surface area (Å²) in [5.41, 5.74) is 5.32. The number of benzene rings is 1. The molecule has 0 heterocycles. The van der Waals surface area contributed by atoms with Gasteiger partial charge in [-0.25, -0.2) is 8.78 Å². The summed E-state index contributed by atoms with van der Waals surface area (Å²) in [7, 11) is 0. The molecule has 0 bridgehead atoms. The maximum atomic E-state index is 13.2. The normalized spacial score (nSPS) is 12.2. The first-order chi connectivity index (χ1) is 8.06. The SMILES string of the molecule is CC(CN)C(=O)NCCc1c(F)cccc1F. The van der Waals surface area contributed by atoms with Gasteiger partial charge in [-0.05, 0) is 18.6 Å². The zero-order valence-corrected chi connectivity index (χ0v) is 9.67. The number of nitrogens with one attached hydrogen (secondary N) is 1. The van der Waals surface area contributed by atoms with Crippen molar-refractivity contribution in [1.29, 1.82) is 0 Å². The Morgan fingerprint density at radius 2 is 2.00 bits per heavy atom. The molecule has 1 unspecified atom stereocenters. The molecule has 0 saturated carbocycles. The lowest BCUT2D eigenvalue weighted by atomic mass is 10.1. The number of carbonyl (C=O) groups excluding carboxylic acids is 1. The predicted molar refractivity (Wildman–Crippen MR) is 61.3 cm³/mol. The third-order valence-corrected chi connectivity index (χ3v) is 2.54. The third-order valence-electron chi connectivity index (χ3n) is 2.54. The van der Waals surface area contributed by atoms with Crippen LogP contribution < -0.4 is 11.1 Å². The van der Waals surface area contributed by atoms with Crippen molar-refractivity contribution in [1.82, 2.24) is 5.32 Å². The quantitative estimate of drug-likeness (QED) is 0.815. The van der Waals surface area contributed by atoms with Gasteiger partial charge < -0.3 is 11.1 Å². The Morgan fingerprint density at radius 1 is 1.41 bits per heavy atom. The Morgan fingerprint density at radius 3 is 2.53 bits per heavy atom. The highest BCUT2D eigenvalue weighted by Gasteiger charge is 2.11. The van der Waals surface area contributed by atoms with Crippen molar-refractivity contribution >= 4 is 5.91 Å². The minimum Gasteiger partial charge on any atom is -0.355 e. The zero-order chi connectivity index (χ0) is 12.8. The molecule has 94 valence electrons. The van der Waals surface area contributed by atoms with Crippen molar-refractivity contribution in [2.24, 2.45) is 11.7 Å². The van der Waals surface area contributed by atoms with Crippen LogP contribution in [-0.2, 0) is 11.2 Å². The summed E-state index contributed by atoms with van der Waals surface area (Å²) in [6.45, 7) is 2.14. The molecule has 17 heavy (non-hydrogen) atoms. The molecule has 0 fully saturated rings. The highest BCUT2D eigenvalue weighted by Crippen LogP contribution is 2.12. The fourth-order valence-electron chi connectivity index (χ4n) is 1.36. The lowest BCUT2D eigenvalue weighted by Gasteiger charge is -2.10. The second-order valence-electron chi connectivity index (χ2n) is 3.88. The fourth-order valence-corrected chi connectivity index (χ4v) is 1.36. The molecule has 0 aliphatic carbocycles. The molecule has 0 spiro atoms. The van der Waals surface area contributed by atoms with Gasteiger partial charge in [0.2, 0.25) is 5.91 Å². The molecule has 0 radical (unpaired) electrons. The van der Waals surface area contributed by atoms with E-state index in [1.807, 2.05) is 0 Å². The second kappa shape index (κ2) is 6.30. The van der Waals surface area contributed by atoms with E-state index in [1.54, 1.807) is 6.92 Å². The first-order valence-corrected chi connectivity index (χ1v) is 5.47. The van der Waals surface area contributed by atoms with E-state index >= 15 is 0 Å². The molecule has 0 aromatic heterocycles. The molecule has 1 atom stereocenters. The second-order valence-corrected chi connectivity index (χ2v) is 3.88. The number of halogens is 2. The Bertz CT molecular complexity index is 376. The minimum atomic E-state index is -0.592. The van der Waals surface area contributed by atoms with Gasteiger partial charge in [0, 0.05) is 24.6 Å². The smallest absolute Gasteiger partial charge is 0.224 e. The Labute approximate surface area is 99.0 Å². The molecule has 1 aromatic rings. The van der Waals surface area contributed by atoms with Crippen molar-refractivity contribution in [2.75, 3.05) is 13.1 Å². The molecule has 0 aliphatic rings. The van der Waals surface area contributed by atoms with E-state index in [2.05, 4.69) is 5.32 Å². The van der Waals surface area contributed by atoms with Gasteiger partial charge in [-0.15, -0.1) is 0 Å². The molecule has 3 nitrogen and oxygen atoms in total. The molecule has 3 N–H and O–H groups in total. The predicted octanol–water partition coefficient (Wildman–Crippen LogP) is 1.22. The number of hydrogen-bond donors (Lipinski definition) is 2. The summed E-state index contributed by atoms with van der Waals surface area (Å²) in [6.07, 6.45) is 0.127. The standard InChI is InChI=1S/C12H16F2N2O/c1-8(7-15)12(17)16-6-5-9-10(13)3-2-4-11(9)14/h2-4,8H,5-7,15H2,1H3,(H,16,17). The molecule has 1 aromatic carbocycles. The van der Waals surface area contributed by atoms with Crippen LogP contribution in [0.5, 0.6) is 0 Å². The van der Waals surface area contributed by atoms with E-state index in [0.717, 1.165) is 0 Å². The lowest BCUT2D eigenvalue weighted by molar-refractivity contribution is -0.124. The van der Waals surface area contributed by atoms with Crippen molar-refractivity contribution < 1.29 is 13.6 Å². The molecule has 1 rings (SSSR count). The molecular formula is C12H16F2N2O. The van der Waals surface area contributed by atoms with Crippen molar-refractivity contribution in [3.63, 3.8) is 0 Å². The Hall–Kier alpha value is -1.49. The van der Waals surface area contributed by atoms with Crippen LogP contribution in [0.4, 0.5) is 8.78 Å². The van der Waals surface area contributed by atoms with Gasteiger partial charge in [0.05, 0.1) is 0 Å². The topological polar surface area (TPSA) is 55.1 Å². The zero-order valence-electron chi connectivity index (χ0n) is 9.67. The van der Waals surface area contributed by atoms with Crippen LogP contribution in [0.3, 0.4) is 0 Å². The summed E-state index contributed by atoms with van der Waals surface area (Å²) >= 11 is 0. The summed E-state index contributed by atoms with van der Waals surface area (Å²) in [6, 6.07) is 3.70. The van der Waals surface area contributed by atoms with E-state index < -0.39 is 11.6 Å². The summed E-state index contributed by atoms with van der Waals surface area (Å²) < 4.78 is 26.5. The van der Waals surface area contributed by atoms with Gasteiger partial charge >= 0.3 is 0 Å². The van der Waals surface area contributed by atoms with Crippen LogP contribution in [-0.4, -0.2) is 19.0 Å². The monoisotopic (exact) mass is 242 g/mol. The van der Waals surface area contributed by atoms with E-state index in [9.17, 15) is 13.6 Å². The summed E-state index contributed by atoms with van der Waals surface area (Å²) in [4.78, 5) is 11.4. The minimum absolute atomic E-state index is 0.00629. The van der Waals surface area contributed by atoms with E-state index in [0.29, 0.717) is 0 Å². The molecule has 5 heteroatoms. The largest absolute Gasteiger partial charge is 0.355 e.